The molecule has 0 aliphatic heterocycles. The van der Waals surface area contributed by atoms with Crippen molar-refractivity contribution in [2.45, 2.75) is 103 Å². The van der Waals surface area contributed by atoms with Crippen LogP contribution < -0.4 is 0 Å². The zero-order valence-corrected chi connectivity index (χ0v) is 14.0. The Morgan fingerprint density at radius 1 is 0.737 bits per heavy atom. The first-order chi connectivity index (χ1) is 9.22. The molecule has 0 spiro atoms. The Labute approximate surface area is 121 Å². The lowest BCUT2D eigenvalue weighted by Gasteiger charge is -2.05. The monoisotopic (exact) mass is 289 g/mol. The third-order valence-corrected chi connectivity index (χ3v) is 4.99. The van der Waals surface area contributed by atoms with Crippen molar-refractivity contribution in [3.63, 3.8) is 0 Å². The summed E-state index contributed by atoms with van der Waals surface area (Å²) in [4.78, 5) is 9.36. The highest BCUT2D eigenvalue weighted by molar-refractivity contribution is 7.38. The molecule has 2 nitrogen and oxygen atoms in total. The van der Waals surface area contributed by atoms with E-state index in [9.17, 15) is 9.46 Å². The summed E-state index contributed by atoms with van der Waals surface area (Å²) in [5.41, 5.74) is 0.0581. The maximum atomic E-state index is 11.3. The van der Waals surface area contributed by atoms with Crippen LogP contribution in [0.25, 0.3) is 0 Å². The van der Waals surface area contributed by atoms with E-state index in [1.807, 2.05) is 0 Å². The van der Waals surface area contributed by atoms with Crippen molar-refractivity contribution in [1.82, 2.24) is 0 Å². The predicted octanol–water partition coefficient (Wildman–Crippen LogP) is 6.20. The van der Waals surface area contributed by atoms with E-state index in [-0.39, 0.29) is 5.66 Å². The molecule has 19 heavy (non-hydrogen) atoms. The van der Waals surface area contributed by atoms with Crippen molar-refractivity contribution in [2.24, 2.45) is 0 Å². The van der Waals surface area contributed by atoms with Gasteiger partial charge in [0, 0.05) is 0 Å². The lowest BCUT2D eigenvalue weighted by molar-refractivity contribution is 0.462. The fraction of sp³-hybridized carbons (Fsp3) is 1.00. The molecule has 0 aromatic carbocycles. The van der Waals surface area contributed by atoms with E-state index in [0.29, 0.717) is 0 Å². The Kier molecular flexibility index (Phi) is 14.5. The second-order valence-corrected chi connectivity index (χ2v) is 7.05. The topological polar surface area (TPSA) is 37.3 Å². The minimum Gasteiger partial charge on any atom is -0.161 e. The standard InChI is InChI=1S/C16H33O2P/c1-3-5-7-9-11-13-15-16(19(17)18)14-12-10-8-6-4-2/h16H,3-15H2,1-2H3/p+1. The highest BCUT2D eigenvalue weighted by atomic mass is 31.1. The van der Waals surface area contributed by atoms with Crippen LogP contribution in [0.4, 0.5) is 0 Å². The van der Waals surface area contributed by atoms with Crippen LogP contribution in [0, 0.1) is 0 Å². The Bertz CT molecular complexity index is 207. The first kappa shape index (κ1) is 19.1. The minimum atomic E-state index is -1.97. The predicted molar refractivity (Wildman–Crippen MR) is 85.0 cm³/mol. The average molecular weight is 289 g/mol. The van der Waals surface area contributed by atoms with Gasteiger partial charge in [0.2, 0.25) is 0 Å². The number of rotatable bonds is 14. The molecule has 0 radical (unpaired) electrons. The largest absolute Gasteiger partial charge is 0.508 e. The molecule has 2 unspecified atom stereocenters. The van der Waals surface area contributed by atoms with Crippen LogP contribution in [0.3, 0.4) is 0 Å². The van der Waals surface area contributed by atoms with Crippen LogP contribution in [-0.4, -0.2) is 10.6 Å². The summed E-state index contributed by atoms with van der Waals surface area (Å²) in [7, 11) is -1.97. The van der Waals surface area contributed by atoms with Crippen LogP contribution in [0.1, 0.15) is 97.3 Å². The van der Waals surface area contributed by atoms with Gasteiger partial charge in [-0.05, 0) is 30.2 Å². The third kappa shape index (κ3) is 12.8. The van der Waals surface area contributed by atoms with E-state index in [1.54, 1.807) is 0 Å². The first-order valence-corrected chi connectivity index (χ1v) is 9.65. The van der Waals surface area contributed by atoms with Gasteiger partial charge in [-0.1, -0.05) is 71.6 Å². The van der Waals surface area contributed by atoms with Gasteiger partial charge in [-0.25, -0.2) is 0 Å². The molecule has 3 heteroatoms. The van der Waals surface area contributed by atoms with Crippen molar-refractivity contribution < 1.29 is 9.46 Å². The number of unbranched alkanes of at least 4 members (excludes halogenated alkanes) is 9. The van der Waals surface area contributed by atoms with E-state index < -0.39 is 8.03 Å². The molecule has 0 fully saturated rings. The van der Waals surface area contributed by atoms with Crippen molar-refractivity contribution in [3.8, 4) is 0 Å². The van der Waals surface area contributed by atoms with Crippen LogP contribution in [-0.2, 0) is 4.57 Å². The molecule has 0 saturated heterocycles. The van der Waals surface area contributed by atoms with Gasteiger partial charge in [0.1, 0.15) is 0 Å². The molecule has 0 aromatic rings. The highest BCUT2D eigenvalue weighted by Crippen LogP contribution is 2.31. The fourth-order valence-corrected chi connectivity index (χ4v) is 3.32. The average Bonchev–Trinajstić information content (AvgIpc) is 2.39. The maximum Gasteiger partial charge on any atom is 0.508 e. The molecule has 0 rings (SSSR count). The Hall–Kier alpha value is 0.0600. The molecule has 0 aliphatic carbocycles. The summed E-state index contributed by atoms with van der Waals surface area (Å²) in [6, 6.07) is 0. The van der Waals surface area contributed by atoms with Crippen LogP contribution in [0.2, 0.25) is 0 Å². The quantitative estimate of drug-likeness (QED) is 0.305. The van der Waals surface area contributed by atoms with E-state index in [0.717, 1.165) is 25.7 Å². The summed E-state index contributed by atoms with van der Waals surface area (Å²) in [6.07, 6.45) is 15.7. The molecule has 1 N–H and O–H groups in total. The second kappa shape index (κ2) is 14.5. The highest BCUT2D eigenvalue weighted by Gasteiger charge is 2.27. The molecule has 0 amide bonds. The van der Waals surface area contributed by atoms with E-state index in [1.165, 1.54) is 57.8 Å². The maximum absolute atomic E-state index is 11.3. The van der Waals surface area contributed by atoms with Gasteiger partial charge in [-0.3, -0.25) is 0 Å². The van der Waals surface area contributed by atoms with Crippen LogP contribution in [0.5, 0.6) is 0 Å². The number of hydrogen-bond acceptors (Lipinski definition) is 1. The molecule has 0 bridgehead atoms. The van der Waals surface area contributed by atoms with Crippen molar-refractivity contribution in [3.05, 3.63) is 0 Å². The van der Waals surface area contributed by atoms with Crippen LogP contribution >= 0.6 is 8.03 Å². The zero-order valence-electron chi connectivity index (χ0n) is 13.1. The van der Waals surface area contributed by atoms with Crippen molar-refractivity contribution >= 4 is 8.03 Å². The Morgan fingerprint density at radius 3 is 1.47 bits per heavy atom. The molecule has 0 aromatic heterocycles. The zero-order chi connectivity index (χ0) is 14.3. The van der Waals surface area contributed by atoms with Gasteiger partial charge in [0.25, 0.3) is 0 Å². The van der Waals surface area contributed by atoms with Gasteiger partial charge in [0.15, 0.2) is 5.66 Å². The minimum absolute atomic E-state index is 0.0581. The van der Waals surface area contributed by atoms with E-state index in [2.05, 4.69) is 13.8 Å². The first-order valence-electron chi connectivity index (χ1n) is 8.37. The van der Waals surface area contributed by atoms with Crippen molar-refractivity contribution in [1.29, 1.82) is 0 Å². The summed E-state index contributed by atoms with van der Waals surface area (Å²) in [6.45, 7) is 4.44. The van der Waals surface area contributed by atoms with Gasteiger partial charge >= 0.3 is 8.03 Å². The van der Waals surface area contributed by atoms with Gasteiger partial charge in [-0.15, -0.1) is 0 Å². The lowest BCUT2D eigenvalue weighted by atomic mass is 10.0. The normalized spacial score (nSPS) is 13.5. The molecular weight excluding hydrogens is 255 g/mol. The molecule has 2 atom stereocenters. The fourth-order valence-electron chi connectivity index (χ4n) is 2.51. The molecule has 114 valence electrons. The molecular formula is C16H34O2P+. The number of hydrogen-bond donors (Lipinski definition) is 1. The van der Waals surface area contributed by atoms with E-state index >= 15 is 0 Å². The van der Waals surface area contributed by atoms with Gasteiger partial charge in [0.05, 0.1) is 0 Å². The van der Waals surface area contributed by atoms with Gasteiger partial charge in [-0.2, -0.15) is 4.89 Å². The summed E-state index contributed by atoms with van der Waals surface area (Å²) in [5, 5.41) is 0. The summed E-state index contributed by atoms with van der Waals surface area (Å²) >= 11 is 0. The molecule has 0 saturated carbocycles. The Balaban J connectivity index is 3.54. The van der Waals surface area contributed by atoms with Crippen LogP contribution in [0.15, 0.2) is 0 Å². The summed E-state index contributed by atoms with van der Waals surface area (Å²) in [5.74, 6) is 0. The SMILES string of the molecule is CCCCCCCCC(CCCCCCC)[P+](=O)O. The molecule has 0 aliphatic rings. The Morgan fingerprint density at radius 2 is 1.11 bits per heavy atom. The smallest absolute Gasteiger partial charge is 0.161 e. The van der Waals surface area contributed by atoms with Crippen molar-refractivity contribution in [2.75, 3.05) is 0 Å². The van der Waals surface area contributed by atoms with E-state index in [4.69, 9.17) is 0 Å². The molecule has 0 heterocycles. The lowest BCUT2D eigenvalue weighted by Crippen LogP contribution is -2.02. The summed E-state index contributed by atoms with van der Waals surface area (Å²) < 4.78 is 11.3. The van der Waals surface area contributed by atoms with Gasteiger partial charge < -0.3 is 0 Å². The second-order valence-electron chi connectivity index (χ2n) is 5.72. The third-order valence-electron chi connectivity index (χ3n) is 3.84.